The summed E-state index contributed by atoms with van der Waals surface area (Å²) in [6.45, 7) is 4.00. The molecule has 2 N–H and O–H groups in total. The second kappa shape index (κ2) is 7.25. The van der Waals surface area contributed by atoms with E-state index in [1.54, 1.807) is 6.08 Å². The SMILES string of the molecule is C=CCC(N)C(=O)N(CC#N)Cc1ccccc1. The molecular weight excluding hydrogens is 226 g/mol. The molecule has 1 aromatic carbocycles. The average molecular weight is 243 g/mol. The first-order chi connectivity index (χ1) is 8.69. The van der Waals surface area contributed by atoms with E-state index in [1.807, 2.05) is 36.4 Å². The zero-order valence-electron chi connectivity index (χ0n) is 10.2. The Kier molecular flexibility index (Phi) is 5.62. The van der Waals surface area contributed by atoms with Crippen molar-refractivity contribution in [1.29, 1.82) is 5.26 Å². The molecular formula is C14H17N3O. The lowest BCUT2D eigenvalue weighted by molar-refractivity contribution is -0.132. The number of carbonyl (C=O) groups excluding carboxylic acids is 1. The lowest BCUT2D eigenvalue weighted by atomic mass is 10.1. The Bertz CT molecular complexity index is 436. The minimum Gasteiger partial charge on any atom is -0.324 e. The van der Waals surface area contributed by atoms with Crippen LogP contribution in [0.2, 0.25) is 0 Å². The highest BCUT2D eigenvalue weighted by Crippen LogP contribution is 2.06. The third kappa shape index (κ3) is 4.04. The van der Waals surface area contributed by atoms with Crippen LogP contribution >= 0.6 is 0 Å². The summed E-state index contributed by atoms with van der Waals surface area (Å²) >= 11 is 0. The summed E-state index contributed by atoms with van der Waals surface area (Å²) in [6, 6.07) is 10.9. The third-order valence-electron chi connectivity index (χ3n) is 2.53. The molecule has 0 heterocycles. The standard InChI is InChI=1S/C14H17N3O/c1-2-6-13(16)14(18)17(10-9-15)11-12-7-4-3-5-8-12/h2-5,7-8,13H,1,6,10-11,16H2. The van der Waals surface area contributed by atoms with Gasteiger partial charge in [0.1, 0.15) is 6.54 Å². The van der Waals surface area contributed by atoms with Crippen LogP contribution < -0.4 is 5.73 Å². The van der Waals surface area contributed by atoms with Crippen molar-refractivity contribution in [3.05, 3.63) is 48.6 Å². The molecule has 1 unspecified atom stereocenters. The quantitative estimate of drug-likeness (QED) is 0.607. The van der Waals surface area contributed by atoms with Crippen molar-refractivity contribution in [1.82, 2.24) is 4.90 Å². The van der Waals surface area contributed by atoms with E-state index in [2.05, 4.69) is 6.58 Å². The van der Waals surface area contributed by atoms with E-state index in [-0.39, 0.29) is 12.5 Å². The van der Waals surface area contributed by atoms with Crippen LogP contribution in [-0.2, 0) is 11.3 Å². The Hall–Kier alpha value is -2.12. The van der Waals surface area contributed by atoms with Crippen LogP contribution in [0.25, 0.3) is 0 Å². The van der Waals surface area contributed by atoms with Crippen LogP contribution in [0.1, 0.15) is 12.0 Å². The normalized spacial score (nSPS) is 11.3. The number of hydrogen-bond acceptors (Lipinski definition) is 3. The van der Waals surface area contributed by atoms with E-state index in [0.717, 1.165) is 5.56 Å². The molecule has 0 aliphatic heterocycles. The Morgan fingerprint density at radius 2 is 2.17 bits per heavy atom. The Labute approximate surface area is 107 Å². The van der Waals surface area contributed by atoms with Crippen LogP contribution in [0.3, 0.4) is 0 Å². The van der Waals surface area contributed by atoms with Crippen LogP contribution in [-0.4, -0.2) is 23.4 Å². The molecule has 94 valence electrons. The Morgan fingerprint density at radius 3 is 2.72 bits per heavy atom. The van der Waals surface area contributed by atoms with Gasteiger partial charge >= 0.3 is 0 Å². The van der Waals surface area contributed by atoms with Crippen LogP contribution in [0.15, 0.2) is 43.0 Å². The number of benzene rings is 1. The molecule has 0 fully saturated rings. The fourth-order valence-electron chi connectivity index (χ4n) is 1.62. The van der Waals surface area contributed by atoms with Crippen LogP contribution in [0, 0.1) is 11.3 Å². The van der Waals surface area contributed by atoms with E-state index in [9.17, 15) is 4.79 Å². The molecule has 1 amide bonds. The fourth-order valence-corrected chi connectivity index (χ4v) is 1.62. The zero-order valence-corrected chi connectivity index (χ0v) is 10.2. The minimum absolute atomic E-state index is 0.0402. The molecule has 18 heavy (non-hydrogen) atoms. The van der Waals surface area contributed by atoms with Gasteiger partial charge in [-0.2, -0.15) is 5.26 Å². The molecule has 1 aromatic rings. The predicted molar refractivity (Wildman–Crippen MR) is 70.3 cm³/mol. The molecule has 0 saturated carbocycles. The molecule has 0 aliphatic carbocycles. The highest BCUT2D eigenvalue weighted by atomic mass is 16.2. The van der Waals surface area contributed by atoms with Crippen LogP contribution in [0.5, 0.6) is 0 Å². The maximum atomic E-state index is 12.0. The molecule has 0 spiro atoms. The monoisotopic (exact) mass is 243 g/mol. The van der Waals surface area contributed by atoms with Crippen molar-refractivity contribution in [2.45, 2.75) is 19.0 Å². The number of nitriles is 1. The summed E-state index contributed by atoms with van der Waals surface area (Å²) in [5, 5.41) is 8.77. The highest BCUT2D eigenvalue weighted by Gasteiger charge is 2.19. The number of carbonyl (C=O) groups is 1. The van der Waals surface area contributed by atoms with Gasteiger partial charge in [0.2, 0.25) is 5.91 Å². The minimum atomic E-state index is -0.625. The van der Waals surface area contributed by atoms with E-state index >= 15 is 0 Å². The van der Waals surface area contributed by atoms with Gasteiger partial charge < -0.3 is 10.6 Å². The van der Waals surface area contributed by atoms with Gasteiger partial charge in [-0.05, 0) is 12.0 Å². The van der Waals surface area contributed by atoms with E-state index in [4.69, 9.17) is 11.0 Å². The lowest BCUT2D eigenvalue weighted by Crippen LogP contribution is -2.43. The lowest BCUT2D eigenvalue weighted by Gasteiger charge is -2.22. The maximum Gasteiger partial charge on any atom is 0.240 e. The zero-order chi connectivity index (χ0) is 13.4. The first kappa shape index (κ1) is 13.9. The molecule has 0 radical (unpaired) electrons. The van der Waals surface area contributed by atoms with Gasteiger partial charge in [0, 0.05) is 6.54 Å². The largest absolute Gasteiger partial charge is 0.324 e. The van der Waals surface area contributed by atoms with Gasteiger partial charge in [-0.1, -0.05) is 36.4 Å². The second-order valence-electron chi connectivity index (χ2n) is 3.97. The van der Waals surface area contributed by atoms with Gasteiger partial charge in [0.05, 0.1) is 12.1 Å². The highest BCUT2D eigenvalue weighted by molar-refractivity contribution is 5.82. The molecule has 4 nitrogen and oxygen atoms in total. The topological polar surface area (TPSA) is 70.1 Å². The van der Waals surface area contributed by atoms with Crippen molar-refractivity contribution >= 4 is 5.91 Å². The summed E-state index contributed by atoms with van der Waals surface area (Å²) in [4.78, 5) is 13.5. The maximum absolute atomic E-state index is 12.0. The van der Waals surface area contributed by atoms with Gasteiger partial charge in [0.25, 0.3) is 0 Å². The molecule has 0 saturated heterocycles. The molecule has 4 heteroatoms. The van der Waals surface area contributed by atoms with Gasteiger partial charge in [-0.15, -0.1) is 6.58 Å². The summed E-state index contributed by atoms with van der Waals surface area (Å²) in [5.41, 5.74) is 6.72. The fraction of sp³-hybridized carbons (Fsp3) is 0.286. The number of hydrogen-bond donors (Lipinski definition) is 1. The number of nitrogens with two attached hydrogens (primary N) is 1. The van der Waals surface area contributed by atoms with Gasteiger partial charge in [-0.25, -0.2) is 0 Å². The first-order valence-electron chi connectivity index (χ1n) is 5.75. The van der Waals surface area contributed by atoms with Crippen molar-refractivity contribution in [2.75, 3.05) is 6.54 Å². The van der Waals surface area contributed by atoms with Crippen molar-refractivity contribution in [2.24, 2.45) is 5.73 Å². The van der Waals surface area contributed by atoms with Crippen molar-refractivity contribution < 1.29 is 4.79 Å². The molecule has 1 rings (SSSR count). The summed E-state index contributed by atoms with van der Waals surface area (Å²) < 4.78 is 0. The first-order valence-corrected chi connectivity index (χ1v) is 5.75. The smallest absolute Gasteiger partial charge is 0.240 e. The van der Waals surface area contributed by atoms with Crippen molar-refractivity contribution in [3.8, 4) is 6.07 Å². The summed E-state index contributed by atoms with van der Waals surface area (Å²) in [5.74, 6) is -0.222. The van der Waals surface area contributed by atoms with E-state index in [0.29, 0.717) is 13.0 Å². The molecule has 0 aromatic heterocycles. The second-order valence-corrected chi connectivity index (χ2v) is 3.97. The van der Waals surface area contributed by atoms with Crippen molar-refractivity contribution in [3.63, 3.8) is 0 Å². The molecule has 0 bridgehead atoms. The summed E-state index contributed by atoms with van der Waals surface area (Å²) in [7, 11) is 0. The average Bonchev–Trinajstić information content (AvgIpc) is 2.39. The molecule has 1 atom stereocenters. The summed E-state index contributed by atoms with van der Waals surface area (Å²) in [6.07, 6.45) is 2.02. The Balaban J connectivity index is 2.74. The van der Waals surface area contributed by atoms with E-state index < -0.39 is 6.04 Å². The van der Waals surface area contributed by atoms with Crippen LogP contribution in [0.4, 0.5) is 0 Å². The molecule has 0 aliphatic rings. The number of nitrogens with zero attached hydrogens (tertiary/aromatic N) is 2. The predicted octanol–water partition coefficient (Wildman–Crippen LogP) is 1.44. The number of amides is 1. The van der Waals surface area contributed by atoms with Gasteiger partial charge in [0.15, 0.2) is 0 Å². The van der Waals surface area contributed by atoms with E-state index in [1.165, 1.54) is 4.90 Å². The Morgan fingerprint density at radius 1 is 1.50 bits per heavy atom. The third-order valence-corrected chi connectivity index (χ3v) is 2.53. The number of rotatable bonds is 6. The van der Waals surface area contributed by atoms with Gasteiger partial charge in [-0.3, -0.25) is 4.79 Å².